The summed E-state index contributed by atoms with van der Waals surface area (Å²) in [5.41, 5.74) is 1.74. The lowest BCUT2D eigenvalue weighted by atomic mass is 10.1. The number of rotatable bonds is 6. The number of amides is 1. The van der Waals surface area contributed by atoms with Gasteiger partial charge in [0.2, 0.25) is 0 Å². The molecule has 0 saturated heterocycles. The van der Waals surface area contributed by atoms with E-state index in [0.29, 0.717) is 31.1 Å². The number of halogens is 1. The molecule has 11 heteroatoms. The predicted molar refractivity (Wildman–Crippen MR) is 106 cm³/mol. The van der Waals surface area contributed by atoms with Crippen LogP contribution in [0.1, 0.15) is 16.9 Å². The molecule has 1 aliphatic carbocycles. The Morgan fingerprint density at radius 1 is 1.26 bits per heavy atom. The fourth-order valence-electron chi connectivity index (χ4n) is 3.87. The Kier molecular flexibility index (Phi) is 4.94. The number of hydrogen-bond donors (Lipinski definition) is 2. The maximum absolute atomic E-state index is 13.8. The lowest BCUT2D eigenvalue weighted by Crippen LogP contribution is -2.27. The van der Waals surface area contributed by atoms with E-state index in [0.717, 1.165) is 24.1 Å². The number of carbonyl (C=O) groups excluding carboxylic acids is 1. The van der Waals surface area contributed by atoms with Crippen LogP contribution < -0.4 is 21.1 Å². The van der Waals surface area contributed by atoms with Gasteiger partial charge in [-0.25, -0.2) is 23.7 Å². The van der Waals surface area contributed by atoms with Crippen LogP contribution in [0, 0.1) is 11.7 Å². The summed E-state index contributed by atoms with van der Waals surface area (Å²) in [6, 6.07) is 0. The van der Waals surface area contributed by atoms with E-state index < -0.39 is 5.76 Å². The summed E-state index contributed by atoms with van der Waals surface area (Å²) in [5.74, 6) is 0.214. The van der Waals surface area contributed by atoms with Gasteiger partial charge in [-0.2, -0.15) is 0 Å². The van der Waals surface area contributed by atoms with Crippen LogP contribution in [0.5, 0.6) is 5.88 Å². The molecule has 3 aromatic heterocycles. The Bertz CT molecular complexity index is 1210. The third-order valence-corrected chi connectivity index (χ3v) is 5.34. The van der Waals surface area contributed by atoms with Crippen LogP contribution in [0.15, 0.2) is 34.0 Å². The summed E-state index contributed by atoms with van der Waals surface area (Å²) < 4.78 is 25.5. The minimum absolute atomic E-state index is 0.122. The molecule has 31 heavy (non-hydrogen) atoms. The highest BCUT2D eigenvalue weighted by Crippen LogP contribution is 2.27. The zero-order valence-corrected chi connectivity index (χ0v) is 16.4. The number of carbonyl (C=O) groups is 1. The number of nitrogens with zero attached hydrogens (tertiary/aromatic N) is 4. The number of pyridine rings is 1. The second-order valence-corrected chi connectivity index (χ2v) is 7.54. The van der Waals surface area contributed by atoms with E-state index in [1.807, 2.05) is 0 Å². The first kappa shape index (κ1) is 19.4. The van der Waals surface area contributed by atoms with Gasteiger partial charge in [-0.15, -0.1) is 0 Å². The molecule has 2 aliphatic rings. The first-order valence-corrected chi connectivity index (χ1v) is 9.90. The van der Waals surface area contributed by atoms with Crippen LogP contribution in [-0.2, 0) is 24.1 Å². The van der Waals surface area contributed by atoms with Crippen molar-refractivity contribution >= 4 is 11.7 Å². The molecule has 2 N–H and O–H groups in total. The molecule has 1 unspecified atom stereocenters. The van der Waals surface area contributed by atoms with Crippen molar-refractivity contribution in [2.75, 3.05) is 25.0 Å². The molecule has 0 bridgehead atoms. The Labute approximate surface area is 175 Å². The van der Waals surface area contributed by atoms with E-state index in [-0.39, 0.29) is 35.8 Å². The van der Waals surface area contributed by atoms with Crippen LogP contribution in [0.4, 0.5) is 10.2 Å². The van der Waals surface area contributed by atoms with Gasteiger partial charge in [0.15, 0.2) is 18.2 Å². The van der Waals surface area contributed by atoms with Crippen molar-refractivity contribution in [3.8, 4) is 11.7 Å². The van der Waals surface area contributed by atoms with Gasteiger partial charge in [0.05, 0.1) is 18.6 Å². The van der Waals surface area contributed by atoms with Gasteiger partial charge in [-0.05, 0) is 36.4 Å². The van der Waals surface area contributed by atoms with Crippen molar-refractivity contribution in [1.29, 1.82) is 0 Å². The molecule has 0 aromatic carbocycles. The highest BCUT2D eigenvalue weighted by molar-refractivity contribution is 5.93. The highest BCUT2D eigenvalue weighted by atomic mass is 19.1. The molecule has 5 rings (SSSR count). The van der Waals surface area contributed by atoms with Gasteiger partial charge in [-0.3, -0.25) is 9.78 Å². The van der Waals surface area contributed by atoms with Crippen molar-refractivity contribution in [1.82, 2.24) is 24.8 Å². The Morgan fingerprint density at radius 3 is 3.03 bits per heavy atom. The molecule has 0 spiro atoms. The molecule has 0 fully saturated rings. The number of fused-ring (bicyclic) bond motifs is 2. The van der Waals surface area contributed by atoms with E-state index in [1.165, 1.54) is 17.0 Å². The summed E-state index contributed by atoms with van der Waals surface area (Å²) in [4.78, 5) is 35.9. The summed E-state index contributed by atoms with van der Waals surface area (Å²) in [7, 11) is 0. The first-order chi connectivity index (χ1) is 15.1. The normalized spacial score (nSPS) is 17.1. The lowest BCUT2D eigenvalue weighted by Gasteiger charge is -2.15. The third kappa shape index (κ3) is 3.91. The molecule has 160 valence electrons. The smallest absolute Gasteiger partial charge is 0.425 e. The van der Waals surface area contributed by atoms with Crippen LogP contribution in [0.25, 0.3) is 5.82 Å². The number of hydrogen-bond acceptors (Lipinski definition) is 8. The average molecular weight is 426 g/mol. The molecule has 1 aliphatic heterocycles. The number of aromatic nitrogens is 4. The number of oxazole rings is 1. The Balaban J connectivity index is 1.18. The van der Waals surface area contributed by atoms with Crippen molar-refractivity contribution in [3.05, 3.63) is 58.0 Å². The van der Waals surface area contributed by atoms with Crippen LogP contribution in [-0.4, -0.2) is 45.1 Å². The number of anilines is 1. The largest absolute Gasteiger partial charge is 0.465 e. The SMILES string of the molecule is O=C1COc2ncc(-n3cc(CCNCC4Cc5cncc(F)c5C4)oc3=O)nc2N1. The van der Waals surface area contributed by atoms with E-state index in [2.05, 4.69) is 25.6 Å². The highest BCUT2D eigenvalue weighted by Gasteiger charge is 2.24. The maximum Gasteiger partial charge on any atom is 0.425 e. The van der Waals surface area contributed by atoms with Crippen LogP contribution in [0.3, 0.4) is 0 Å². The van der Waals surface area contributed by atoms with Gasteiger partial charge in [0.1, 0.15) is 11.6 Å². The topological polar surface area (TPSA) is 124 Å². The van der Waals surface area contributed by atoms with Gasteiger partial charge in [0.25, 0.3) is 11.8 Å². The van der Waals surface area contributed by atoms with Crippen molar-refractivity contribution in [2.24, 2.45) is 5.92 Å². The molecular weight excluding hydrogens is 407 g/mol. The van der Waals surface area contributed by atoms with E-state index in [4.69, 9.17) is 9.15 Å². The number of ether oxygens (including phenoxy) is 1. The van der Waals surface area contributed by atoms with Gasteiger partial charge in [-0.1, -0.05) is 0 Å². The zero-order valence-electron chi connectivity index (χ0n) is 16.4. The first-order valence-electron chi connectivity index (χ1n) is 9.90. The van der Waals surface area contributed by atoms with Gasteiger partial charge >= 0.3 is 5.76 Å². The molecule has 0 radical (unpaired) electrons. The zero-order chi connectivity index (χ0) is 21.4. The van der Waals surface area contributed by atoms with E-state index in [9.17, 15) is 14.0 Å². The monoisotopic (exact) mass is 426 g/mol. The van der Waals surface area contributed by atoms with Crippen molar-refractivity contribution in [3.63, 3.8) is 0 Å². The summed E-state index contributed by atoms with van der Waals surface area (Å²) in [6.07, 6.45) is 7.91. The standard InChI is InChI=1S/C20H19FN6O4/c21-15-7-23-6-12-3-11(4-14(12)15)5-22-2-1-13-9-27(20(29)31-13)16-8-24-19-18(25-16)26-17(28)10-30-19/h6-9,11,22H,1-5,10H2,(H,25,26,28). The molecule has 10 nitrogen and oxygen atoms in total. The fraction of sp³-hybridized carbons (Fsp3) is 0.350. The lowest BCUT2D eigenvalue weighted by molar-refractivity contribution is -0.118. The molecule has 3 aromatic rings. The quantitative estimate of drug-likeness (QED) is 0.550. The van der Waals surface area contributed by atoms with E-state index in [1.54, 1.807) is 12.4 Å². The molecule has 1 atom stereocenters. The minimum atomic E-state index is -0.596. The Hall–Kier alpha value is -3.60. The maximum atomic E-state index is 13.8. The van der Waals surface area contributed by atoms with Crippen LogP contribution in [0.2, 0.25) is 0 Å². The van der Waals surface area contributed by atoms with Crippen molar-refractivity contribution < 1.29 is 18.3 Å². The van der Waals surface area contributed by atoms with Gasteiger partial charge in [0, 0.05) is 19.2 Å². The fourth-order valence-corrected chi connectivity index (χ4v) is 3.87. The second-order valence-electron chi connectivity index (χ2n) is 7.54. The predicted octanol–water partition coefficient (Wildman–Crippen LogP) is 0.633. The summed E-state index contributed by atoms with van der Waals surface area (Å²) in [6.45, 7) is 1.21. The molecule has 4 heterocycles. The molecule has 1 amide bonds. The minimum Gasteiger partial charge on any atom is -0.465 e. The summed E-state index contributed by atoms with van der Waals surface area (Å²) in [5, 5.41) is 5.89. The molecular formula is C20H19FN6O4. The Morgan fingerprint density at radius 2 is 2.16 bits per heavy atom. The average Bonchev–Trinajstić information content (AvgIpc) is 3.34. The summed E-state index contributed by atoms with van der Waals surface area (Å²) >= 11 is 0. The molecule has 0 saturated carbocycles. The third-order valence-electron chi connectivity index (χ3n) is 5.34. The van der Waals surface area contributed by atoms with Gasteiger partial charge < -0.3 is 19.8 Å². The van der Waals surface area contributed by atoms with E-state index >= 15 is 0 Å². The number of nitrogens with one attached hydrogen (secondary N) is 2. The van der Waals surface area contributed by atoms with Crippen molar-refractivity contribution in [2.45, 2.75) is 19.3 Å². The second kappa shape index (κ2) is 7.91. The van der Waals surface area contributed by atoms with Crippen LogP contribution >= 0.6 is 0 Å².